The zero-order valence-electron chi connectivity index (χ0n) is 14.5. The molecule has 0 unspecified atom stereocenters. The Hall–Kier alpha value is -3.42. The summed E-state index contributed by atoms with van der Waals surface area (Å²) in [5.74, 6) is -1.29. The molecule has 142 valence electrons. The predicted molar refractivity (Wildman–Crippen MR) is 89.5 cm³/mol. The third kappa shape index (κ3) is 3.46. The Morgan fingerprint density at radius 2 is 2.15 bits per heavy atom. The molecule has 3 aromatic heterocycles. The standard InChI is InChI=1S/C13H14N8O5S/c1-4-26-9(22)5-8-15-16-13(27-8)14-11(23)10-6(2)17-20-12(21(24)25)7(3)18-19(10)20/h4-5H2,1-3H3,(H-,14,16,17,18,23)/p+1. The summed E-state index contributed by atoms with van der Waals surface area (Å²) in [6.45, 7) is 5.01. The van der Waals surface area contributed by atoms with Gasteiger partial charge in [-0.2, -0.15) is 5.10 Å². The van der Waals surface area contributed by atoms with Crippen molar-refractivity contribution >= 4 is 34.2 Å². The van der Waals surface area contributed by atoms with Crippen molar-refractivity contribution in [1.82, 2.24) is 25.0 Å². The molecule has 0 aromatic carbocycles. The number of aromatic nitrogens is 6. The van der Waals surface area contributed by atoms with Gasteiger partial charge in [0.2, 0.25) is 5.13 Å². The van der Waals surface area contributed by atoms with E-state index in [9.17, 15) is 19.7 Å². The summed E-state index contributed by atoms with van der Waals surface area (Å²) in [5.41, 5.74) is 0.602. The number of nitro groups is 1. The highest BCUT2D eigenvalue weighted by Crippen LogP contribution is 2.18. The fourth-order valence-electron chi connectivity index (χ4n) is 2.42. The molecular formula is C13H15N8O5S+. The maximum atomic E-state index is 12.6. The van der Waals surface area contributed by atoms with Gasteiger partial charge in [-0.15, -0.1) is 10.2 Å². The summed E-state index contributed by atoms with van der Waals surface area (Å²) in [6, 6.07) is 0. The summed E-state index contributed by atoms with van der Waals surface area (Å²) >= 11 is 1.03. The van der Waals surface area contributed by atoms with Crippen LogP contribution in [0.5, 0.6) is 0 Å². The Morgan fingerprint density at radius 3 is 2.81 bits per heavy atom. The molecule has 0 bridgehead atoms. The number of nitrogens with zero attached hydrogens (tertiary/aromatic N) is 6. The van der Waals surface area contributed by atoms with Crippen molar-refractivity contribution in [3.63, 3.8) is 0 Å². The molecule has 3 heterocycles. The monoisotopic (exact) mass is 395 g/mol. The molecule has 0 atom stereocenters. The Morgan fingerprint density at radius 1 is 1.41 bits per heavy atom. The first-order valence-corrected chi connectivity index (χ1v) is 8.57. The Labute approximate surface area is 155 Å². The molecule has 0 radical (unpaired) electrons. The van der Waals surface area contributed by atoms with Gasteiger partial charge >= 0.3 is 23.4 Å². The van der Waals surface area contributed by atoms with Crippen molar-refractivity contribution in [2.75, 3.05) is 11.9 Å². The number of ether oxygens (including phenoxy) is 1. The number of nitrogens with one attached hydrogen (secondary N) is 2. The number of hydrogen-bond donors (Lipinski definition) is 2. The van der Waals surface area contributed by atoms with Crippen LogP contribution in [0.4, 0.5) is 10.9 Å². The molecule has 1 amide bonds. The van der Waals surface area contributed by atoms with Crippen LogP contribution < -0.4 is 9.95 Å². The van der Waals surface area contributed by atoms with E-state index in [-0.39, 0.29) is 41.1 Å². The van der Waals surface area contributed by atoms with Crippen molar-refractivity contribution in [3.05, 3.63) is 32.2 Å². The molecule has 0 fully saturated rings. The average molecular weight is 395 g/mol. The van der Waals surface area contributed by atoms with Gasteiger partial charge in [0.1, 0.15) is 10.1 Å². The molecule has 0 aliphatic heterocycles. The van der Waals surface area contributed by atoms with Gasteiger partial charge in [-0.1, -0.05) is 11.3 Å². The summed E-state index contributed by atoms with van der Waals surface area (Å²) in [7, 11) is 0. The number of esters is 1. The fraction of sp³-hybridized carbons (Fsp3) is 0.385. The van der Waals surface area contributed by atoms with E-state index in [0.29, 0.717) is 5.01 Å². The maximum Gasteiger partial charge on any atom is 0.436 e. The van der Waals surface area contributed by atoms with Gasteiger partial charge in [0.15, 0.2) is 10.3 Å². The third-order valence-corrected chi connectivity index (χ3v) is 4.30. The normalized spacial score (nSPS) is 10.9. The van der Waals surface area contributed by atoms with Gasteiger partial charge in [-0.05, 0) is 18.8 Å². The number of aromatic amines is 1. The Balaban J connectivity index is 1.84. The number of amides is 1. The molecule has 2 N–H and O–H groups in total. The average Bonchev–Trinajstić information content (AvgIpc) is 3.20. The van der Waals surface area contributed by atoms with E-state index in [1.807, 2.05) is 0 Å². The Kier molecular flexibility index (Phi) is 4.81. The van der Waals surface area contributed by atoms with Gasteiger partial charge in [-0.3, -0.25) is 14.9 Å². The first kappa shape index (κ1) is 18.4. The summed E-state index contributed by atoms with van der Waals surface area (Å²) in [6.07, 6.45) is -0.0464. The van der Waals surface area contributed by atoms with Crippen LogP contribution in [-0.2, 0) is 16.0 Å². The van der Waals surface area contributed by atoms with Gasteiger partial charge < -0.3 is 14.9 Å². The quantitative estimate of drug-likeness (QED) is 0.255. The minimum Gasteiger partial charge on any atom is -0.466 e. The molecule has 3 rings (SSSR count). The lowest BCUT2D eigenvalue weighted by molar-refractivity contribution is -0.682. The number of anilines is 1. The van der Waals surface area contributed by atoms with E-state index in [1.54, 1.807) is 13.8 Å². The molecule has 0 spiro atoms. The van der Waals surface area contributed by atoms with Gasteiger partial charge in [0.25, 0.3) is 5.69 Å². The van der Waals surface area contributed by atoms with Crippen LogP contribution in [0.2, 0.25) is 0 Å². The number of carbonyl (C=O) groups excluding carboxylic acids is 2. The fourth-order valence-corrected chi connectivity index (χ4v) is 3.14. The van der Waals surface area contributed by atoms with Crippen LogP contribution in [0, 0.1) is 24.0 Å². The number of hydrogen-bond acceptors (Lipinski definition) is 9. The van der Waals surface area contributed by atoms with Crippen molar-refractivity contribution in [2.24, 2.45) is 0 Å². The largest absolute Gasteiger partial charge is 0.466 e. The second kappa shape index (κ2) is 7.06. The minimum absolute atomic E-state index is 0.0464. The van der Waals surface area contributed by atoms with E-state index in [1.165, 1.54) is 11.6 Å². The molecule has 3 aromatic rings. The zero-order chi connectivity index (χ0) is 19.7. The highest BCUT2D eigenvalue weighted by atomic mass is 32.1. The van der Waals surface area contributed by atoms with Crippen molar-refractivity contribution in [3.8, 4) is 0 Å². The zero-order valence-corrected chi connectivity index (χ0v) is 15.4. The first-order chi connectivity index (χ1) is 12.8. The third-order valence-electron chi connectivity index (χ3n) is 3.46. The molecular weight excluding hydrogens is 380 g/mol. The molecule has 13 nitrogen and oxygen atoms in total. The second-order valence-corrected chi connectivity index (χ2v) is 6.45. The van der Waals surface area contributed by atoms with E-state index in [4.69, 9.17) is 4.74 Å². The molecule has 27 heavy (non-hydrogen) atoms. The molecule has 14 heteroatoms. The maximum absolute atomic E-state index is 12.6. The van der Waals surface area contributed by atoms with Crippen LogP contribution in [0.1, 0.15) is 33.8 Å². The number of fused-ring (bicyclic) bond motifs is 1. The number of carbonyl (C=O) groups is 2. The smallest absolute Gasteiger partial charge is 0.436 e. The van der Waals surface area contributed by atoms with Gasteiger partial charge in [-0.25, -0.2) is 0 Å². The SMILES string of the molecule is CCOC(=O)Cc1nnc(NC(=O)c2c(C)nn3c([N+](=O)[O-])c(C)[nH][n+]23)s1. The van der Waals surface area contributed by atoms with Gasteiger partial charge in [0, 0.05) is 11.6 Å². The lowest BCUT2D eigenvalue weighted by atomic mass is 10.3. The van der Waals surface area contributed by atoms with E-state index in [2.05, 4.69) is 25.7 Å². The summed E-state index contributed by atoms with van der Waals surface area (Å²) in [4.78, 5) is 34.7. The molecule has 0 saturated carbocycles. The predicted octanol–water partition coefficient (Wildman–Crippen LogP) is -0.0177. The van der Waals surface area contributed by atoms with Crippen LogP contribution in [0.25, 0.3) is 0 Å². The number of aryl methyl sites for hydroxylation is 2. The van der Waals surface area contributed by atoms with E-state index < -0.39 is 16.8 Å². The van der Waals surface area contributed by atoms with Crippen LogP contribution >= 0.6 is 11.3 Å². The summed E-state index contributed by atoms with van der Waals surface area (Å²) < 4.78 is 7.02. The van der Waals surface area contributed by atoms with Crippen molar-refractivity contribution in [2.45, 2.75) is 27.2 Å². The molecule has 0 saturated heterocycles. The lowest BCUT2D eigenvalue weighted by Crippen LogP contribution is -2.37. The van der Waals surface area contributed by atoms with Gasteiger partial charge in [0.05, 0.1) is 13.0 Å². The van der Waals surface area contributed by atoms with Crippen LogP contribution in [-0.4, -0.2) is 48.4 Å². The van der Waals surface area contributed by atoms with Crippen LogP contribution in [0.15, 0.2) is 0 Å². The minimum atomic E-state index is -0.591. The lowest BCUT2D eigenvalue weighted by Gasteiger charge is -1.97. The number of rotatable bonds is 6. The second-order valence-electron chi connectivity index (χ2n) is 5.39. The number of H-pyrrole nitrogens is 1. The molecule has 0 aliphatic carbocycles. The highest BCUT2D eigenvalue weighted by Gasteiger charge is 2.37. The Bertz CT molecular complexity index is 1050. The van der Waals surface area contributed by atoms with E-state index >= 15 is 0 Å². The molecule has 0 aliphatic rings. The van der Waals surface area contributed by atoms with Crippen molar-refractivity contribution < 1.29 is 23.9 Å². The summed E-state index contributed by atoms with van der Waals surface area (Å²) in [5, 5.41) is 28.7. The topological polar surface area (TPSA) is 162 Å². The van der Waals surface area contributed by atoms with Crippen LogP contribution in [0.3, 0.4) is 0 Å². The first-order valence-electron chi connectivity index (χ1n) is 7.75. The highest BCUT2D eigenvalue weighted by molar-refractivity contribution is 7.15. The van der Waals surface area contributed by atoms with E-state index in [0.717, 1.165) is 16.0 Å². The van der Waals surface area contributed by atoms with Crippen molar-refractivity contribution in [1.29, 1.82) is 0 Å².